The van der Waals surface area contributed by atoms with E-state index in [1.807, 2.05) is 19.9 Å². The number of fused-ring (bicyclic) bond motifs is 1. The van der Waals surface area contributed by atoms with Crippen molar-refractivity contribution in [2.75, 3.05) is 17.2 Å². The fourth-order valence-corrected chi connectivity index (χ4v) is 4.70. The lowest BCUT2D eigenvalue weighted by Crippen LogP contribution is -2.34. The van der Waals surface area contributed by atoms with Crippen molar-refractivity contribution in [3.05, 3.63) is 76.3 Å². The number of carbonyl (C=O) groups excluding carboxylic acids is 2. The zero-order chi connectivity index (χ0) is 22.5. The Morgan fingerprint density at radius 2 is 1.81 bits per heavy atom. The first-order valence-corrected chi connectivity index (χ1v) is 11.5. The van der Waals surface area contributed by atoms with Crippen LogP contribution < -0.4 is 16.0 Å². The molecule has 2 aromatic carbocycles. The monoisotopic (exact) mass is 449 g/mol. The zero-order valence-electron chi connectivity index (χ0n) is 18.2. The highest BCUT2D eigenvalue weighted by atomic mass is 32.1. The summed E-state index contributed by atoms with van der Waals surface area (Å²) in [5.74, 6) is -0.294. The summed E-state index contributed by atoms with van der Waals surface area (Å²) in [6, 6.07) is 17.0. The molecule has 7 nitrogen and oxygen atoms in total. The second kappa shape index (κ2) is 9.93. The number of para-hydroxylation sites is 1. The molecule has 4 rings (SSSR count). The molecular weight excluding hydrogens is 422 g/mol. The lowest BCUT2D eigenvalue weighted by molar-refractivity contribution is 0.102. The number of amides is 3. The van der Waals surface area contributed by atoms with Crippen molar-refractivity contribution < 1.29 is 9.59 Å². The van der Waals surface area contributed by atoms with Gasteiger partial charge in [-0.1, -0.05) is 42.5 Å². The fraction of sp³-hybridized carbons (Fsp3) is 0.292. The van der Waals surface area contributed by atoms with Crippen LogP contribution in [0.2, 0.25) is 0 Å². The van der Waals surface area contributed by atoms with Gasteiger partial charge in [0.2, 0.25) is 0 Å². The van der Waals surface area contributed by atoms with E-state index in [1.54, 1.807) is 24.3 Å². The molecule has 8 heteroatoms. The molecule has 3 aromatic rings. The van der Waals surface area contributed by atoms with E-state index < -0.39 is 0 Å². The van der Waals surface area contributed by atoms with Gasteiger partial charge in [0.05, 0.1) is 16.9 Å². The number of urea groups is 1. The first kappa shape index (κ1) is 22.0. The number of benzene rings is 2. The van der Waals surface area contributed by atoms with Crippen molar-refractivity contribution in [1.82, 2.24) is 15.2 Å². The maximum absolute atomic E-state index is 12.9. The van der Waals surface area contributed by atoms with Crippen LogP contribution in [0.5, 0.6) is 0 Å². The minimum absolute atomic E-state index is 0.000848. The van der Waals surface area contributed by atoms with E-state index in [-0.39, 0.29) is 18.0 Å². The van der Waals surface area contributed by atoms with E-state index in [2.05, 4.69) is 50.1 Å². The maximum atomic E-state index is 12.9. The molecule has 0 unspecified atom stereocenters. The van der Waals surface area contributed by atoms with Crippen molar-refractivity contribution in [2.24, 2.45) is 0 Å². The molecule has 32 heavy (non-hydrogen) atoms. The molecule has 166 valence electrons. The lowest BCUT2D eigenvalue weighted by atomic mass is 10.1. The summed E-state index contributed by atoms with van der Waals surface area (Å²) >= 11 is 1.52. The van der Waals surface area contributed by atoms with Crippen molar-refractivity contribution in [3.8, 4) is 0 Å². The van der Waals surface area contributed by atoms with Crippen molar-refractivity contribution in [2.45, 2.75) is 39.4 Å². The van der Waals surface area contributed by atoms with Gasteiger partial charge < -0.3 is 10.6 Å². The van der Waals surface area contributed by atoms with Gasteiger partial charge >= 0.3 is 6.03 Å². The van der Waals surface area contributed by atoms with Crippen molar-refractivity contribution in [1.29, 1.82) is 0 Å². The highest BCUT2D eigenvalue weighted by Crippen LogP contribution is 2.29. The van der Waals surface area contributed by atoms with E-state index in [9.17, 15) is 9.59 Å². The van der Waals surface area contributed by atoms with E-state index in [0.29, 0.717) is 16.4 Å². The lowest BCUT2D eigenvalue weighted by Gasteiger charge is -2.25. The number of anilines is 2. The predicted molar refractivity (Wildman–Crippen MR) is 128 cm³/mol. The highest BCUT2D eigenvalue weighted by Gasteiger charge is 2.22. The summed E-state index contributed by atoms with van der Waals surface area (Å²) in [7, 11) is 0. The van der Waals surface area contributed by atoms with Crippen LogP contribution in [0.15, 0.2) is 54.6 Å². The predicted octanol–water partition coefficient (Wildman–Crippen LogP) is 4.48. The molecule has 2 heterocycles. The van der Waals surface area contributed by atoms with Crippen LogP contribution >= 0.6 is 11.3 Å². The molecule has 0 fully saturated rings. The Balaban J connectivity index is 1.42. The molecular formula is C24H27N5O2S. The molecule has 0 aliphatic carbocycles. The van der Waals surface area contributed by atoms with Crippen molar-refractivity contribution in [3.63, 3.8) is 0 Å². The molecule has 0 saturated heterocycles. The Labute approximate surface area is 191 Å². The molecule has 0 atom stereocenters. The average Bonchev–Trinajstić information content (AvgIpc) is 3.15. The number of thiazole rings is 1. The topological polar surface area (TPSA) is 86.4 Å². The summed E-state index contributed by atoms with van der Waals surface area (Å²) < 4.78 is 0. The third-order valence-corrected chi connectivity index (χ3v) is 6.12. The summed E-state index contributed by atoms with van der Waals surface area (Å²) in [6.45, 7) is 6.42. The second-order valence-electron chi connectivity index (χ2n) is 8.09. The molecule has 3 amide bonds. The smallest absolute Gasteiger partial charge is 0.319 e. The quantitative estimate of drug-likeness (QED) is 0.518. The Bertz CT molecular complexity index is 1100. The van der Waals surface area contributed by atoms with Gasteiger partial charge in [0.25, 0.3) is 5.91 Å². The summed E-state index contributed by atoms with van der Waals surface area (Å²) in [5.41, 5.74) is 3.20. The van der Waals surface area contributed by atoms with E-state index in [0.717, 1.165) is 31.7 Å². The zero-order valence-corrected chi connectivity index (χ0v) is 19.0. The Morgan fingerprint density at radius 3 is 2.59 bits per heavy atom. The first-order valence-electron chi connectivity index (χ1n) is 10.7. The fourth-order valence-electron chi connectivity index (χ4n) is 3.65. The summed E-state index contributed by atoms with van der Waals surface area (Å²) in [6.07, 6.45) is 0.863. The van der Waals surface area contributed by atoms with Gasteiger partial charge in [0, 0.05) is 37.0 Å². The number of aromatic nitrogens is 1. The number of carbonyl (C=O) groups is 2. The molecule has 1 aliphatic heterocycles. The number of nitrogens with one attached hydrogen (secondary N) is 3. The largest absolute Gasteiger partial charge is 0.336 e. The second-order valence-corrected chi connectivity index (χ2v) is 9.17. The minimum atomic E-state index is -0.344. The van der Waals surface area contributed by atoms with Crippen molar-refractivity contribution >= 4 is 34.1 Å². The Kier molecular flexibility index (Phi) is 6.82. The van der Waals surface area contributed by atoms with Crippen LogP contribution in [0.3, 0.4) is 0 Å². The maximum Gasteiger partial charge on any atom is 0.319 e. The Hall–Kier alpha value is -3.23. The first-order chi connectivity index (χ1) is 15.5. The molecule has 1 aromatic heterocycles. The SMILES string of the molecule is CC(C)NC(=O)Nc1ccccc1C(=O)Nc1nc2c(s1)CN(Cc1ccccc1)CC2. The van der Waals surface area contributed by atoms with E-state index in [1.165, 1.54) is 21.8 Å². The summed E-state index contributed by atoms with van der Waals surface area (Å²) in [4.78, 5) is 33.2. The van der Waals surface area contributed by atoms with Gasteiger partial charge in [-0.15, -0.1) is 11.3 Å². The summed E-state index contributed by atoms with van der Waals surface area (Å²) in [5, 5.41) is 9.02. The molecule has 0 radical (unpaired) electrons. The van der Waals surface area contributed by atoms with Gasteiger partial charge in [0.1, 0.15) is 0 Å². The molecule has 0 spiro atoms. The third kappa shape index (κ3) is 5.52. The number of hydrogen-bond donors (Lipinski definition) is 3. The van der Waals surface area contributed by atoms with Crippen LogP contribution in [-0.2, 0) is 19.5 Å². The van der Waals surface area contributed by atoms with Crippen LogP contribution in [0.25, 0.3) is 0 Å². The van der Waals surface area contributed by atoms with Gasteiger partial charge in [-0.05, 0) is 31.5 Å². The van der Waals surface area contributed by atoms with Gasteiger partial charge in [-0.2, -0.15) is 0 Å². The van der Waals surface area contributed by atoms with Crippen LogP contribution in [0, 0.1) is 0 Å². The highest BCUT2D eigenvalue weighted by molar-refractivity contribution is 7.15. The number of rotatable bonds is 6. The number of hydrogen-bond acceptors (Lipinski definition) is 5. The van der Waals surface area contributed by atoms with E-state index >= 15 is 0 Å². The average molecular weight is 450 g/mol. The third-order valence-electron chi connectivity index (χ3n) is 5.12. The molecule has 0 bridgehead atoms. The van der Waals surface area contributed by atoms with E-state index in [4.69, 9.17) is 0 Å². The Morgan fingerprint density at radius 1 is 1.06 bits per heavy atom. The molecule has 0 saturated carbocycles. The number of nitrogens with zero attached hydrogens (tertiary/aromatic N) is 2. The van der Waals surface area contributed by atoms with Crippen LogP contribution in [0.4, 0.5) is 15.6 Å². The van der Waals surface area contributed by atoms with Crippen LogP contribution in [0.1, 0.15) is 40.3 Å². The van der Waals surface area contributed by atoms with Gasteiger partial charge in [0.15, 0.2) is 5.13 Å². The standard InChI is InChI=1S/C24H27N5O2S/c1-16(2)25-23(31)26-19-11-7-6-10-18(19)22(30)28-24-27-20-12-13-29(15-21(20)32-24)14-17-8-4-3-5-9-17/h3-11,16H,12-15H2,1-2H3,(H2,25,26,31)(H,27,28,30). The molecule has 3 N–H and O–H groups in total. The van der Waals surface area contributed by atoms with Gasteiger partial charge in [-0.3, -0.25) is 15.0 Å². The van der Waals surface area contributed by atoms with Crippen LogP contribution in [-0.4, -0.2) is 34.4 Å². The normalized spacial score (nSPS) is 13.5. The minimum Gasteiger partial charge on any atom is -0.336 e. The van der Waals surface area contributed by atoms with Gasteiger partial charge in [-0.25, -0.2) is 9.78 Å². The molecule has 1 aliphatic rings.